The van der Waals surface area contributed by atoms with Crippen LogP contribution in [0.3, 0.4) is 0 Å². The standard InChI is InChI=1S/C20H26N6/c1-11(2)26(5)10-16-12(3)19-15-9-22-25-17(15)6-7-18(19)23-20(16)14-8-21-24-13(14)4/h6-9,11,20,23H,10H2,1-5H3,(H,21,24)(H,22,25). The fourth-order valence-electron chi connectivity index (χ4n) is 3.74. The number of fused-ring (bicyclic) bond motifs is 3. The molecule has 0 spiro atoms. The van der Waals surface area contributed by atoms with Crippen LogP contribution in [0.5, 0.6) is 0 Å². The molecule has 1 unspecified atom stereocenters. The maximum Gasteiger partial charge on any atom is 0.0778 e. The van der Waals surface area contributed by atoms with Gasteiger partial charge in [-0.3, -0.25) is 15.1 Å². The maximum absolute atomic E-state index is 4.25. The monoisotopic (exact) mass is 350 g/mol. The first kappa shape index (κ1) is 16.8. The SMILES string of the molecule is CC1=C(CN(C)C(C)C)C(c2cn[nH]c2C)Nc2ccc3[nH]ncc3c21. The highest BCUT2D eigenvalue weighted by molar-refractivity contribution is 5.99. The molecule has 136 valence electrons. The van der Waals surface area contributed by atoms with Gasteiger partial charge in [-0.25, -0.2) is 0 Å². The zero-order valence-corrected chi connectivity index (χ0v) is 16.0. The second kappa shape index (κ2) is 6.29. The Morgan fingerprint density at radius 2 is 1.88 bits per heavy atom. The zero-order chi connectivity index (χ0) is 18.4. The van der Waals surface area contributed by atoms with Crippen molar-refractivity contribution in [3.63, 3.8) is 0 Å². The summed E-state index contributed by atoms with van der Waals surface area (Å²) in [5.74, 6) is 0. The van der Waals surface area contributed by atoms with E-state index in [0.717, 1.165) is 23.4 Å². The number of aromatic nitrogens is 4. The molecule has 0 saturated carbocycles. The minimum atomic E-state index is 0.117. The van der Waals surface area contributed by atoms with Crippen LogP contribution < -0.4 is 5.32 Å². The van der Waals surface area contributed by atoms with E-state index in [9.17, 15) is 0 Å². The van der Waals surface area contributed by atoms with E-state index < -0.39 is 0 Å². The fourth-order valence-corrected chi connectivity index (χ4v) is 3.74. The molecule has 0 radical (unpaired) electrons. The van der Waals surface area contributed by atoms with Crippen molar-refractivity contribution in [3.8, 4) is 0 Å². The molecule has 6 nitrogen and oxygen atoms in total. The highest BCUT2D eigenvalue weighted by Crippen LogP contribution is 2.43. The Morgan fingerprint density at radius 3 is 2.58 bits per heavy atom. The van der Waals surface area contributed by atoms with E-state index in [1.54, 1.807) is 0 Å². The van der Waals surface area contributed by atoms with Crippen molar-refractivity contribution in [1.82, 2.24) is 25.3 Å². The summed E-state index contributed by atoms with van der Waals surface area (Å²) < 4.78 is 0. The van der Waals surface area contributed by atoms with E-state index in [0.29, 0.717) is 6.04 Å². The minimum absolute atomic E-state index is 0.117. The molecule has 2 aromatic heterocycles. The van der Waals surface area contributed by atoms with Gasteiger partial charge in [0.05, 0.1) is 24.0 Å². The van der Waals surface area contributed by atoms with Gasteiger partial charge in [0.1, 0.15) is 0 Å². The summed E-state index contributed by atoms with van der Waals surface area (Å²) in [4.78, 5) is 2.38. The Hall–Kier alpha value is -2.60. The maximum atomic E-state index is 4.25. The number of hydrogen-bond donors (Lipinski definition) is 3. The van der Waals surface area contributed by atoms with Crippen molar-refractivity contribution in [1.29, 1.82) is 0 Å². The first-order valence-electron chi connectivity index (χ1n) is 9.10. The summed E-state index contributed by atoms with van der Waals surface area (Å²) in [6.07, 6.45) is 3.86. The average Bonchev–Trinajstić information content (AvgIpc) is 3.25. The van der Waals surface area contributed by atoms with Crippen molar-refractivity contribution in [2.75, 3.05) is 18.9 Å². The first-order chi connectivity index (χ1) is 12.5. The second-order valence-corrected chi connectivity index (χ2v) is 7.51. The number of nitrogens with one attached hydrogen (secondary N) is 3. The van der Waals surface area contributed by atoms with Gasteiger partial charge in [-0.2, -0.15) is 10.2 Å². The number of nitrogens with zero attached hydrogens (tertiary/aromatic N) is 3. The molecule has 0 aliphatic carbocycles. The molecule has 3 N–H and O–H groups in total. The van der Waals surface area contributed by atoms with Crippen LogP contribution in [-0.4, -0.2) is 44.9 Å². The van der Waals surface area contributed by atoms with Crippen LogP contribution in [-0.2, 0) is 0 Å². The van der Waals surface area contributed by atoms with E-state index in [1.807, 2.05) is 12.4 Å². The van der Waals surface area contributed by atoms with E-state index in [2.05, 4.69) is 77.5 Å². The number of aryl methyl sites for hydroxylation is 1. The lowest BCUT2D eigenvalue weighted by atomic mass is 9.85. The summed E-state index contributed by atoms with van der Waals surface area (Å²) in [7, 11) is 2.18. The molecule has 4 rings (SSSR count). The molecule has 26 heavy (non-hydrogen) atoms. The molecule has 6 heteroatoms. The van der Waals surface area contributed by atoms with Crippen molar-refractivity contribution >= 4 is 22.2 Å². The molecule has 0 fully saturated rings. The molecule has 3 aromatic rings. The van der Waals surface area contributed by atoms with Gasteiger partial charge in [0.2, 0.25) is 0 Å². The van der Waals surface area contributed by atoms with Crippen molar-refractivity contribution in [2.45, 2.75) is 39.8 Å². The van der Waals surface area contributed by atoms with Crippen molar-refractivity contribution < 1.29 is 0 Å². The number of benzene rings is 1. The van der Waals surface area contributed by atoms with Gasteiger partial charge >= 0.3 is 0 Å². The van der Waals surface area contributed by atoms with Gasteiger partial charge in [-0.15, -0.1) is 0 Å². The van der Waals surface area contributed by atoms with Crippen molar-refractivity contribution in [2.24, 2.45) is 0 Å². The normalized spacial score (nSPS) is 17.3. The van der Waals surface area contributed by atoms with E-state index in [4.69, 9.17) is 0 Å². The van der Waals surface area contributed by atoms with Crippen LogP contribution in [0.2, 0.25) is 0 Å². The van der Waals surface area contributed by atoms with Crippen molar-refractivity contribution in [3.05, 3.63) is 46.9 Å². The van der Waals surface area contributed by atoms with Gasteiger partial charge in [-0.1, -0.05) is 0 Å². The third-order valence-corrected chi connectivity index (χ3v) is 5.61. The third-order valence-electron chi connectivity index (χ3n) is 5.61. The van der Waals surface area contributed by atoms with Crippen LogP contribution in [0, 0.1) is 6.92 Å². The lowest BCUT2D eigenvalue weighted by molar-refractivity contribution is 0.293. The van der Waals surface area contributed by atoms with Gasteiger partial charge in [0, 0.05) is 40.5 Å². The molecule has 0 saturated heterocycles. The number of allylic oxidation sites excluding steroid dienone is 1. The van der Waals surface area contributed by atoms with Crippen LogP contribution in [0.1, 0.15) is 43.6 Å². The number of hydrogen-bond acceptors (Lipinski definition) is 4. The predicted molar refractivity (Wildman–Crippen MR) is 106 cm³/mol. The summed E-state index contributed by atoms with van der Waals surface area (Å²) >= 11 is 0. The molecule has 1 aliphatic rings. The summed E-state index contributed by atoms with van der Waals surface area (Å²) in [5.41, 5.74) is 8.48. The molecule has 1 aliphatic heterocycles. The molecule has 3 heterocycles. The van der Waals surface area contributed by atoms with Gasteiger partial charge in [0.25, 0.3) is 0 Å². The third kappa shape index (κ3) is 2.61. The van der Waals surface area contributed by atoms with Gasteiger partial charge < -0.3 is 5.32 Å². The molecule has 0 amide bonds. The Kier molecular flexibility index (Phi) is 4.07. The smallest absolute Gasteiger partial charge is 0.0778 e. The lowest BCUT2D eigenvalue weighted by Crippen LogP contribution is -2.33. The topological polar surface area (TPSA) is 72.6 Å². The predicted octanol–water partition coefficient (Wildman–Crippen LogP) is 3.87. The highest BCUT2D eigenvalue weighted by atomic mass is 15.1. The molecule has 1 aromatic carbocycles. The Balaban J connectivity index is 1.90. The number of likely N-dealkylation sites (N-methyl/N-ethyl adjacent to an activating group) is 1. The van der Waals surface area contributed by atoms with Gasteiger partial charge in [-0.05, 0) is 58.0 Å². The summed E-state index contributed by atoms with van der Waals surface area (Å²) in [5, 5.41) is 19.6. The number of H-pyrrole nitrogens is 2. The quantitative estimate of drug-likeness (QED) is 0.668. The van der Waals surface area contributed by atoms with E-state index >= 15 is 0 Å². The largest absolute Gasteiger partial charge is 0.374 e. The molecule has 1 atom stereocenters. The van der Waals surface area contributed by atoms with Crippen LogP contribution in [0.4, 0.5) is 5.69 Å². The average molecular weight is 350 g/mol. The highest BCUT2D eigenvalue weighted by Gasteiger charge is 2.30. The number of anilines is 1. The Morgan fingerprint density at radius 1 is 1.12 bits per heavy atom. The first-order valence-corrected chi connectivity index (χ1v) is 9.10. The molecular formula is C20H26N6. The lowest BCUT2D eigenvalue weighted by Gasteiger charge is -2.34. The molecule has 0 bridgehead atoms. The van der Waals surface area contributed by atoms with E-state index in [-0.39, 0.29) is 6.04 Å². The van der Waals surface area contributed by atoms with Crippen LogP contribution in [0.15, 0.2) is 30.1 Å². The van der Waals surface area contributed by atoms with Gasteiger partial charge in [0.15, 0.2) is 0 Å². The summed E-state index contributed by atoms with van der Waals surface area (Å²) in [6, 6.07) is 4.83. The molecular weight excluding hydrogens is 324 g/mol. The number of rotatable bonds is 4. The fraction of sp³-hybridized carbons (Fsp3) is 0.400. The van der Waals surface area contributed by atoms with Crippen LogP contribution >= 0.6 is 0 Å². The van der Waals surface area contributed by atoms with E-state index in [1.165, 1.54) is 27.7 Å². The minimum Gasteiger partial charge on any atom is -0.374 e. The Labute approximate surface area is 153 Å². The van der Waals surface area contributed by atoms with Crippen LogP contribution in [0.25, 0.3) is 16.5 Å². The Bertz CT molecular complexity index is 977. The zero-order valence-electron chi connectivity index (χ0n) is 16.0. The second-order valence-electron chi connectivity index (χ2n) is 7.51. The number of aromatic amines is 2. The summed E-state index contributed by atoms with van der Waals surface area (Å²) in [6.45, 7) is 9.67.